The van der Waals surface area contributed by atoms with Gasteiger partial charge in [-0.3, -0.25) is 15.2 Å². The molecular formula is C27H36N6OS3. The number of anilines is 1. The average molecular weight is 557 g/mol. The van der Waals surface area contributed by atoms with Gasteiger partial charge in [0.1, 0.15) is 12.2 Å². The van der Waals surface area contributed by atoms with E-state index in [-0.39, 0.29) is 5.91 Å². The molecule has 0 unspecified atom stereocenters. The van der Waals surface area contributed by atoms with Crippen LogP contribution >= 0.6 is 35.1 Å². The van der Waals surface area contributed by atoms with Gasteiger partial charge in [-0.05, 0) is 77.5 Å². The van der Waals surface area contributed by atoms with Crippen molar-refractivity contribution in [2.24, 2.45) is 0 Å². The highest BCUT2D eigenvalue weighted by Crippen LogP contribution is 2.36. The highest BCUT2D eigenvalue weighted by atomic mass is 32.2. The quantitative estimate of drug-likeness (QED) is 0.155. The van der Waals surface area contributed by atoms with Crippen molar-refractivity contribution < 1.29 is 4.79 Å². The number of carbonyl (C=O) groups excluding carboxylic acids is 1. The molecule has 0 aliphatic rings. The summed E-state index contributed by atoms with van der Waals surface area (Å²) >= 11 is 4.25. The fourth-order valence-electron chi connectivity index (χ4n) is 2.82. The van der Waals surface area contributed by atoms with Crippen molar-refractivity contribution in [2.45, 2.75) is 73.4 Å². The Kier molecular flexibility index (Phi) is 12.8. The Morgan fingerprint density at radius 3 is 2.41 bits per heavy atom. The number of aromatic amines is 1. The van der Waals surface area contributed by atoms with Gasteiger partial charge in [0.15, 0.2) is 5.16 Å². The van der Waals surface area contributed by atoms with Crippen LogP contribution in [0, 0.1) is 6.92 Å². The lowest BCUT2D eigenvalue weighted by atomic mass is 10.1. The molecule has 7 nitrogen and oxygen atoms in total. The molecule has 0 saturated heterocycles. The van der Waals surface area contributed by atoms with Gasteiger partial charge < -0.3 is 0 Å². The molecule has 0 aromatic carbocycles. The second-order valence-corrected chi connectivity index (χ2v) is 11.7. The summed E-state index contributed by atoms with van der Waals surface area (Å²) in [6.07, 6.45) is 13.6. The highest BCUT2D eigenvalue weighted by Gasteiger charge is 2.20. The van der Waals surface area contributed by atoms with Gasteiger partial charge in [-0.2, -0.15) is 9.47 Å². The number of amides is 1. The molecule has 0 aliphatic heterocycles. The van der Waals surface area contributed by atoms with Crippen LogP contribution in [-0.4, -0.2) is 30.4 Å². The Bertz CT molecular complexity index is 1240. The zero-order valence-corrected chi connectivity index (χ0v) is 25.2. The number of nitrogens with zero attached hydrogens (tertiary/aromatic N) is 4. The van der Waals surface area contributed by atoms with Crippen LogP contribution in [0.3, 0.4) is 0 Å². The van der Waals surface area contributed by atoms with Crippen LogP contribution in [0.5, 0.6) is 0 Å². The number of thioether (sulfide) groups is 2. The number of H-pyrrole nitrogens is 1. The number of aryl methyl sites for hydroxylation is 1. The van der Waals surface area contributed by atoms with Crippen molar-refractivity contribution in [3.05, 3.63) is 79.5 Å². The molecule has 2 N–H and O–H groups in total. The monoisotopic (exact) mass is 556 g/mol. The summed E-state index contributed by atoms with van der Waals surface area (Å²) in [6.45, 7) is 16.3. The first-order valence-electron chi connectivity index (χ1n) is 12.1. The summed E-state index contributed by atoms with van der Waals surface area (Å²) in [7, 11) is 0. The van der Waals surface area contributed by atoms with E-state index in [4.69, 9.17) is 0 Å². The minimum absolute atomic E-state index is 0.194. The number of carbonyl (C=O) groups is 1. The highest BCUT2D eigenvalue weighted by molar-refractivity contribution is 8.07. The summed E-state index contributed by atoms with van der Waals surface area (Å²) in [5.41, 5.74) is 4.10. The third-order valence-corrected chi connectivity index (χ3v) is 7.67. The molecule has 0 fully saturated rings. The summed E-state index contributed by atoms with van der Waals surface area (Å²) < 4.78 is 4.20. The summed E-state index contributed by atoms with van der Waals surface area (Å²) in [4.78, 5) is 25.0. The molecule has 2 rings (SSSR count). The van der Waals surface area contributed by atoms with Gasteiger partial charge in [-0.1, -0.05) is 66.2 Å². The summed E-state index contributed by atoms with van der Waals surface area (Å²) in [6, 6.07) is 0. The second kappa shape index (κ2) is 15.5. The molecule has 0 spiro atoms. The van der Waals surface area contributed by atoms with Gasteiger partial charge in [0.05, 0.1) is 5.57 Å². The van der Waals surface area contributed by atoms with Gasteiger partial charge in [-0.15, -0.1) is 0 Å². The molecule has 10 heteroatoms. The van der Waals surface area contributed by atoms with E-state index in [9.17, 15) is 4.79 Å². The molecule has 198 valence electrons. The van der Waals surface area contributed by atoms with Crippen LogP contribution in [0.1, 0.15) is 67.1 Å². The first kappa shape index (κ1) is 30.5. The van der Waals surface area contributed by atoms with Crippen LogP contribution in [0.15, 0.2) is 78.9 Å². The fourth-order valence-corrected chi connectivity index (χ4v) is 5.19. The molecule has 1 amide bonds. The lowest BCUT2D eigenvalue weighted by Gasteiger charge is -2.15. The smallest absolute Gasteiger partial charge is 0.258 e. The molecule has 37 heavy (non-hydrogen) atoms. The van der Waals surface area contributed by atoms with Crippen molar-refractivity contribution in [3.8, 4) is 0 Å². The normalized spacial score (nSPS) is 13.9. The maximum atomic E-state index is 13.6. The molecule has 2 aromatic heterocycles. The molecule has 0 atom stereocenters. The Morgan fingerprint density at radius 1 is 1.08 bits per heavy atom. The minimum Gasteiger partial charge on any atom is -0.297 e. The van der Waals surface area contributed by atoms with Crippen molar-refractivity contribution >= 4 is 46.1 Å². The average Bonchev–Trinajstić information content (AvgIpc) is 3.51. The summed E-state index contributed by atoms with van der Waals surface area (Å²) in [5, 5.41) is 10.9. The van der Waals surface area contributed by atoms with E-state index >= 15 is 0 Å². The van der Waals surface area contributed by atoms with Crippen LogP contribution in [0.4, 0.5) is 5.13 Å². The molecule has 0 radical (unpaired) electrons. The fraction of sp³-hybridized carbons (Fsp3) is 0.370. The molecular weight excluding hydrogens is 521 g/mol. The number of hydrogen-bond acceptors (Lipinski definition) is 8. The Balaban J connectivity index is 2.58. The van der Waals surface area contributed by atoms with Gasteiger partial charge in [0.25, 0.3) is 5.91 Å². The van der Waals surface area contributed by atoms with Crippen molar-refractivity contribution in [1.82, 2.24) is 24.5 Å². The lowest BCUT2D eigenvalue weighted by molar-refractivity contribution is -0.112. The largest absolute Gasteiger partial charge is 0.297 e. The van der Waals surface area contributed by atoms with Crippen molar-refractivity contribution in [3.63, 3.8) is 0 Å². The topological polar surface area (TPSA) is 96.5 Å². The van der Waals surface area contributed by atoms with E-state index in [2.05, 4.69) is 82.7 Å². The van der Waals surface area contributed by atoms with Crippen LogP contribution in [-0.2, 0) is 4.79 Å². The maximum absolute atomic E-state index is 13.6. The zero-order valence-electron chi connectivity index (χ0n) is 22.8. The van der Waals surface area contributed by atoms with E-state index in [0.717, 1.165) is 33.1 Å². The lowest BCUT2D eigenvalue weighted by Crippen LogP contribution is -2.17. The second-order valence-electron chi connectivity index (χ2n) is 8.57. The van der Waals surface area contributed by atoms with Crippen molar-refractivity contribution in [2.75, 3.05) is 5.32 Å². The van der Waals surface area contributed by atoms with Crippen LogP contribution in [0.25, 0.3) is 0 Å². The van der Waals surface area contributed by atoms with Crippen LogP contribution in [0.2, 0.25) is 0 Å². The van der Waals surface area contributed by atoms with Gasteiger partial charge in [0, 0.05) is 21.3 Å². The standard InChI is InChI=1S/C27H36N6OS3/c1-9-18(5)15-22(13-11-17(3)4)36-23(14-12-20(7)35-26-28-16-29-32-26)24(19(6)10-2)25(34)31-27-30-21(8)33-37-27/h11-16H,9-10H2,1-8H3,(H,28,29,32)(H,30,31,33,34)/b18-15?,20-12+,22-13+,23-14+,24-19-. The molecule has 2 heterocycles. The zero-order chi connectivity index (χ0) is 27.4. The maximum Gasteiger partial charge on any atom is 0.258 e. The van der Waals surface area contributed by atoms with Crippen LogP contribution < -0.4 is 5.32 Å². The van der Waals surface area contributed by atoms with E-state index in [1.54, 1.807) is 11.8 Å². The summed E-state index contributed by atoms with van der Waals surface area (Å²) in [5.74, 6) is 0.444. The molecule has 0 bridgehead atoms. The first-order valence-corrected chi connectivity index (χ1v) is 14.5. The SMILES string of the molecule is CCC(C)=C/C(=C\C=C(C)C)SC(=C/C=C(\C)Sc1ncn[nH]1)/C(C(=O)Nc1nc(C)ns1)=C(\C)CC. The third kappa shape index (κ3) is 10.7. The number of hydrogen-bond donors (Lipinski definition) is 2. The number of nitrogens with one attached hydrogen (secondary N) is 2. The van der Waals surface area contributed by atoms with Crippen molar-refractivity contribution in [1.29, 1.82) is 0 Å². The Labute approximate surface area is 233 Å². The first-order chi connectivity index (χ1) is 17.6. The Hall–Kier alpha value is -2.69. The van der Waals surface area contributed by atoms with E-state index in [0.29, 0.717) is 21.7 Å². The third-order valence-electron chi connectivity index (χ3n) is 5.05. The van der Waals surface area contributed by atoms with Gasteiger partial charge in [0.2, 0.25) is 5.13 Å². The molecule has 0 aliphatic carbocycles. The molecule has 0 saturated carbocycles. The predicted octanol–water partition coefficient (Wildman–Crippen LogP) is 8.15. The van der Waals surface area contributed by atoms with Gasteiger partial charge >= 0.3 is 0 Å². The minimum atomic E-state index is -0.194. The van der Waals surface area contributed by atoms with E-state index in [1.165, 1.54) is 40.8 Å². The molecule has 2 aromatic rings. The van der Waals surface area contributed by atoms with Gasteiger partial charge in [-0.25, -0.2) is 9.97 Å². The van der Waals surface area contributed by atoms with E-state index < -0.39 is 0 Å². The van der Waals surface area contributed by atoms with E-state index in [1.807, 2.05) is 32.9 Å². The number of allylic oxidation sites excluding steroid dienone is 9. The predicted molar refractivity (Wildman–Crippen MR) is 159 cm³/mol. The Morgan fingerprint density at radius 2 is 1.84 bits per heavy atom. The number of aromatic nitrogens is 5. The number of rotatable bonds is 12.